The number of fused-ring (bicyclic) bond motifs is 2. The van der Waals surface area contributed by atoms with Crippen molar-refractivity contribution >= 4 is 34.3 Å². The van der Waals surface area contributed by atoms with Crippen molar-refractivity contribution in [2.75, 3.05) is 6.61 Å². The Bertz CT molecular complexity index is 2090. The Morgan fingerprint density at radius 1 is 1.07 bits per heavy atom. The van der Waals surface area contributed by atoms with E-state index in [1.54, 1.807) is 37.5 Å². The second kappa shape index (κ2) is 12.1. The molecule has 1 atom stereocenters. The SMILES string of the molecule is CCOc1ccc([C@H]2C(C(=O)OC(C)C)=C(C)N=c3s/c(=C/c4cn(Cc5ccccc5F)c5ccccc45)c(=O)n32)cc1. The van der Waals surface area contributed by atoms with Crippen LogP contribution in [-0.4, -0.2) is 27.8 Å². The number of halogens is 1. The molecule has 9 heteroatoms. The standard InChI is InChI=1S/C35H32FN3O4S/c1-5-42-26-16-14-23(15-17-26)32-31(34(41)43-21(2)3)22(4)37-35-39(32)33(40)30(44-35)18-25-20-38(29-13-9-7-11-27(25)29)19-24-10-6-8-12-28(24)36/h6-18,20-21,32H,5,19H2,1-4H3/b30-18+/t32-/m0/s1. The lowest BCUT2D eigenvalue weighted by atomic mass is 9.96. The van der Waals surface area contributed by atoms with Gasteiger partial charge in [-0.1, -0.05) is 59.9 Å². The number of allylic oxidation sites excluding steroid dienone is 1. The van der Waals surface area contributed by atoms with E-state index >= 15 is 0 Å². The Hall–Kier alpha value is -4.76. The fourth-order valence-electron chi connectivity index (χ4n) is 5.56. The van der Waals surface area contributed by atoms with E-state index in [0.29, 0.717) is 45.1 Å². The Morgan fingerprint density at radius 3 is 2.52 bits per heavy atom. The molecule has 5 aromatic rings. The zero-order valence-corrected chi connectivity index (χ0v) is 25.7. The van der Waals surface area contributed by atoms with Crippen molar-refractivity contribution in [2.45, 2.75) is 46.4 Å². The minimum atomic E-state index is -0.724. The van der Waals surface area contributed by atoms with E-state index in [-0.39, 0.29) is 17.5 Å². The zero-order valence-electron chi connectivity index (χ0n) is 24.9. The number of ether oxygens (including phenoxy) is 2. The van der Waals surface area contributed by atoms with Gasteiger partial charge in [0.2, 0.25) is 0 Å². The molecular formula is C35H32FN3O4S. The first-order chi connectivity index (χ1) is 21.2. The van der Waals surface area contributed by atoms with Gasteiger partial charge in [-0.05, 0) is 63.6 Å². The van der Waals surface area contributed by atoms with Gasteiger partial charge < -0.3 is 14.0 Å². The van der Waals surface area contributed by atoms with Gasteiger partial charge in [0.05, 0.1) is 41.1 Å². The largest absolute Gasteiger partial charge is 0.494 e. The highest BCUT2D eigenvalue weighted by Gasteiger charge is 2.34. The normalized spacial score (nSPS) is 15.0. The second-order valence-electron chi connectivity index (χ2n) is 10.9. The number of hydrogen-bond acceptors (Lipinski definition) is 6. The van der Waals surface area contributed by atoms with Crippen molar-refractivity contribution < 1.29 is 18.7 Å². The Morgan fingerprint density at radius 2 is 1.80 bits per heavy atom. The Balaban J connectivity index is 1.50. The average molecular weight is 610 g/mol. The number of esters is 1. The van der Waals surface area contributed by atoms with Crippen molar-refractivity contribution in [3.8, 4) is 5.75 Å². The highest BCUT2D eigenvalue weighted by Crippen LogP contribution is 2.32. The molecule has 6 rings (SSSR count). The summed E-state index contributed by atoms with van der Waals surface area (Å²) < 4.78 is 29.8. The summed E-state index contributed by atoms with van der Waals surface area (Å²) in [4.78, 5) is 32.8. The topological polar surface area (TPSA) is 74.8 Å². The monoisotopic (exact) mass is 609 g/mol. The number of hydrogen-bond donors (Lipinski definition) is 0. The number of rotatable bonds is 8. The summed E-state index contributed by atoms with van der Waals surface area (Å²) in [5, 5.41) is 0.940. The first-order valence-corrected chi connectivity index (χ1v) is 15.3. The van der Waals surface area contributed by atoms with Crippen molar-refractivity contribution in [2.24, 2.45) is 4.99 Å². The van der Waals surface area contributed by atoms with Crippen LogP contribution >= 0.6 is 11.3 Å². The van der Waals surface area contributed by atoms with Crippen LogP contribution in [0.25, 0.3) is 17.0 Å². The molecular weight excluding hydrogens is 577 g/mol. The van der Waals surface area contributed by atoms with Crippen LogP contribution in [-0.2, 0) is 16.1 Å². The van der Waals surface area contributed by atoms with Gasteiger partial charge >= 0.3 is 5.97 Å². The second-order valence-corrected chi connectivity index (χ2v) is 11.9. The van der Waals surface area contributed by atoms with Gasteiger partial charge in [0.25, 0.3) is 5.56 Å². The number of carbonyl (C=O) groups excluding carboxylic acids is 1. The predicted molar refractivity (Wildman–Crippen MR) is 170 cm³/mol. The smallest absolute Gasteiger partial charge is 0.338 e. The lowest BCUT2D eigenvalue weighted by Gasteiger charge is -2.25. The van der Waals surface area contributed by atoms with Gasteiger partial charge in [0.1, 0.15) is 11.6 Å². The van der Waals surface area contributed by atoms with Gasteiger partial charge in [-0.3, -0.25) is 9.36 Å². The summed E-state index contributed by atoms with van der Waals surface area (Å²) in [6.45, 7) is 8.13. The molecule has 0 bridgehead atoms. The van der Waals surface area contributed by atoms with E-state index in [1.165, 1.54) is 17.4 Å². The molecule has 0 amide bonds. The van der Waals surface area contributed by atoms with Crippen LogP contribution in [0, 0.1) is 5.82 Å². The number of carbonyl (C=O) groups is 1. The number of nitrogens with zero attached hydrogens (tertiary/aromatic N) is 3. The highest BCUT2D eigenvalue weighted by molar-refractivity contribution is 7.07. The van der Waals surface area contributed by atoms with Gasteiger partial charge in [0.15, 0.2) is 4.80 Å². The summed E-state index contributed by atoms with van der Waals surface area (Å²) in [6.07, 6.45) is 3.45. The maximum Gasteiger partial charge on any atom is 0.338 e. The van der Waals surface area contributed by atoms with Crippen LogP contribution in [0.4, 0.5) is 4.39 Å². The summed E-state index contributed by atoms with van der Waals surface area (Å²) in [5.74, 6) is -0.0790. The van der Waals surface area contributed by atoms with Gasteiger partial charge in [-0.25, -0.2) is 14.2 Å². The van der Waals surface area contributed by atoms with E-state index in [9.17, 15) is 14.0 Å². The predicted octanol–water partition coefficient (Wildman–Crippen LogP) is 5.73. The molecule has 1 aliphatic heterocycles. The molecule has 0 unspecified atom stereocenters. The molecule has 0 aliphatic carbocycles. The van der Waals surface area contributed by atoms with Crippen molar-refractivity contribution in [1.29, 1.82) is 0 Å². The van der Waals surface area contributed by atoms with Crippen LogP contribution in [0.5, 0.6) is 5.75 Å². The van der Waals surface area contributed by atoms with E-state index in [4.69, 9.17) is 14.5 Å². The molecule has 7 nitrogen and oxygen atoms in total. The summed E-state index contributed by atoms with van der Waals surface area (Å²) in [5.41, 5.74) is 3.64. The lowest BCUT2D eigenvalue weighted by Crippen LogP contribution is -2.40. The van der Waals surface area contributed by atoms with E-state index in [0.717, 1.165) is 22.0 Å². The molecule has 0 fully saturated rings. The zero-order chi connectivity index (χ0) is 31.0. The van der Waals surface area contributed by atoms with Crippen LogP contribution in [0.2, 0.25) is 0 Å². The first-order valence-electron chi connectivity index (χ1n) is 14.5. The average Bonchev–Trinajstić information content (AvgIpc) is 3.50. The number of aromatic nitrogens is 2. The molecule has 0 N–H and O–H groups in total. The highest BCUT2D eigenvalue weighted by atomic mass is 32.1. The Kier molecular flexibility index (Phi) is 8.05. The fraction of sp³-hybridized carbons (Fsp3) is 0.229. The summed E-state index contributed by atoms with van der Waals surface area (Å²) in [7, 11) is 0. The minimum absolute atomic E-state index is 0.263. The third-order valence-electron chi connectivity index (χ3n) is 7.50. The Labute approximate surface area is 257 Å². The van der Waals surface area contributed by atoms with Gasteiger partial charge in [0, 0.05) is 28.2 Å². The maximum absolute atomic E-state index is 14.5. The fourth-order valence-corrected chi connectivity index (χ4v) is 6.60. The molecule has 3 heterocycles. The molecule has 3 aromatic carbocycles. The third-order valence-corrected chi connectivity index (χ3v) is 8.48. The molecule has 224 valence electrons. The molecule has 2 aromatic heterocycles. The molecule has 0 saturated carbocycles. The van der Waals surface area contributed by atoms with Crippen LogP contribution in [0.15, 0.2) is 100 Å². The third kappa shape index (κ3) is 5.51. The van der Waals surface area contributed by atoms with Crippen molar-refractivity contribution in [3.05, 3.63) is 132 Å². The number of benzene rings is 3. The number of thiazole rings is 1. The molecule has 0 radical (unpaired) electrons. The van der Waals surface area contributed by atoms with Crippen LogP contribution in [0.1, 0.15) is 50.4 Å². The van der Waals surface area contributed by atoms with E-state index < -0.39 is 12.0 Å². The first kappa shape index (κ1) is 29.3. The van der Waals surface area contributed by atoms with Crippen LogP contribution < -0.4 is 19.6 Å². The van der Waals surface area contributed by atoms with Crippen molar-refractivity contribution in [1.82, 2.24) is 9.13 Å². The minimum Gasteiger partial charge on any atom is -0.494 e. The maximum atomic E-state index is 14.5. The number of para-hydroxylation sites is 1. The van der Waals surface area contributed by atoms with Crippen molar-refractivity contribution in [3.63, 3.8) is 0 Å². The molecule has 1 aliphatic rings. The lowest BCUT2D eigenvalue weighted by molar-refractivity contribution is -0.143. The molecule has 0 saturated heterocycles. The van der Waals surface area contributed by atoms with E-state index in [2.05, 4.69) is 0 Å². The quantitative estimate of drug-likeness (QED) is 0.211. The molecule has 0 spiro atoms. The molecule has 44 heavy (non-hydrogen) atoms. The summed E-state index contributed by atoms with van der Waals surface area (Å²) >= 11 is 1.27. The van der Waals surface area contributed by atoms with Gasteiger partial charge in [-0.15, -0.1) is 0 Å². The van der Waals surface area contributed by atoms with Crippen LogP contribution in [0.3, 0.4) is 0 Å². The van der Waals surface area contributed by atoms with E-state index in [1.807, 2.05) is 78.4 Å². The van der Waals surface area contributed by atoms with Gasteiger partial charge in [-0.2, -0.15) is 0 Å². The summed E-state index contributed by atoms with van der Waals surface area (Å²) in [6, 6.07) is 21.2.